The van der Waals surface area contributed by atoms with E-state index in [1.54, 1.807) is 0 Å². The highest BCUT2D eigenvalue weighted by molar-refractivity contribution is 7.80. The lowest BCUT2D eigenvalue weighted by atomic mass is 10.4. The molecule has 1 amide bonds. The van der Waals surface area contributed by atoms with Gasteiger partial charge < -0.3 is 5.32 Å². The van der Waals surface area contributed by atoms with Crippen molar-refractivity contribution in [3.8, 4) is 0 Å². The molecule has 0 aliphatic rings. The lowest BCUT2D eigenvalue weighted by Crippen LogP contribution is -2.46. The number of hydrogen-bond donors (Lipinski definition) is 3. The average Bonchev–Trinajstić information content (AvgIpc) is 2.83. The molecule has 0 spiro atoms. The molecule has 0 atom stereocenters. The predicted octanol–water partition coefficient (Wildman–Crippen LogP) is -0.303. The number of nitro groups is 1. The van der Waals surface area contributed by atoms with Gasteiger partial charge in [0, 0.05) is 13.0 Å². The Bertz CT molecular complexity index is 474. The van der Waals surface area contributed by atoms with E-state index in [2.05, 4.69) is 21.3 Å². The van der Waals surface area contributed by atoms with E-state index >= 15 is 0 Å². The summed E-state index contributed by atoms with van der Waals surface area (Å²) in [6, 6.07) is 0. The third kappa shape index (κ3) is 5.29. The molecular weight excluding hydrogens is 272 g/mol. The van der Waals surface area contributed by atoms with Crippen LogP contribution in [0.1, 0.15) is 13.3 Å². The maximum Gasteiger partial charge on any atom is 0.306 e. The number of thiocarbonyl (C=S) groups is 1. The molecule has 1 rings (SSSR count). The lowest BCUT2D eigenvalue weighted by Gasteiger charge is -2.09. The zero-order valence-corrected chi connectivity index (χ0v) is 11.1. The number of amides is 1. The summed E-state index contributed by atoms with van der Waals surface area (Å²) in [6.07, 6.45) is 2.53. The van der Waals surface area contributed by atoms with Crippen LogP contribution in [-0.4, -0.2) is 32.3 Å². The number of carbonyl (C=O) groups is 1. The molecule has 0 saturated carbocycles. The normalized spacial score (nSPS) is 9.74. The van der Waals surface area contributed by atoms with Gasteiger partial charge in [-0.3, -0.25) is 30.4 Å². The maximum absolute atomic E-state index is 11.4. The number of hydrazine groups is 1. The van der Waals surface area contributed by atoms with E-state index in [1.807, 2.05) is 6.92 Å². The van der Waals surface area contributed by atoms with Gasteiger partial charge >= 0.3 is 5.69 Å². The van der Waals surface area contributed by atoms with Gasteiger partial charge in [0.05, 0.1) is 11.5 Å². The summed E-state index contributed by atoms with van der Waals surface area (Å²) >= 11 is 4.85. The molecule has 0 bridgehead atoms. The van der Waals surface area contributed by atoms with Crippen LogP contribution in [0, 0.1) is 10.1 Å². The smallest absolute Gasteiger partial charge is 0.306 e. The first-order valence-electron chi connectivity index (χ1n) is 5.52. The van der Waals surface area contributed by atoms with Gasteiger partial charge in [-0.15, -0.1) is 0 Å². The zero-order valence-electron chi connectivity index (χ0n) is 10.3. The SMILES string of the molecule is CCNC(=S)NNC(=O)CCn1cc([N+](=O)[O-])cn1. The first kappa shape index (κ1) is 14.8. The van der Waals surface area contributed by atoms with Crippen molar-refractivity contribution in [1.29, 1.82) is 0 Å². The molecule has 1 heterocycles. The summed E-state index contributed by atoms with van der Waals surface area (Å²) in [6.45, 7) is 2.77. The van der Waals surface area contributed by atoms with Crippen molar-refractivity contribution in [1.82, 2.24) is 25.9 Å². The maximum atomic E-state index is 11.4. The Morgan fingerprint density at radius 2 is 2.32 bits per heavy atom. The van der Waals surface area contributed by atoms with Gasteiger partial charge in [-0.25, -0.2) is 0 Å². The molecule has 0 unspecified atom stereocenters. The monoisotopic (exact) mass is 286 g/mol. The Hall–Kier alpha value is -2.23. The van der Waals surface area contributed by atoms with Gasteiger partial charge in [0.1, 0.15) is 12.4 Å². The zero-order chi connectivity index (χ0) is 14.3. The topological polar surface area (TPSA) is 114 Å². The van der Waals surface area contributed by atoms with E-state index in [0.717, 1.165) is 6.20 Å². The summed E-state index contributed by atoms with van der Waals surface area (Å²) in [5.74, 6) is -0.293. The lowest BCUT2D eigenvalue weighted by molar-refractivity contribution is -0.385. The Morgan fingerprint density at radius 3 is 2.89 bits per heavy atom. The number of rotatable bonds is 5. The van der Waals surface area contributed by atoms with Gasteiger partial charge in [-0.2, -0.15) is 5.10 Å². The standard InChI is InChI=1S/C9H14N6O3S/c1-2-10-9(19)13-12-8(16)3-4-14-6-7(5-11-14)15(17)18/h5-6H,2-4H2,1H3,(H,12,16)(H2,10,13,19). The molecule has 0 fully saturated rings. The Labute approximate surface area is 114 Å². The van der Waals surface area contributed by atoms with Crippen LogP contribution in [0.25, 0.3) is 0 Å². The highest BCUT2D eigenvalue weighted by Gasteiger charge is 2.09. The van der Waals surface area contributed by atoms with Crippen molar-refractivity contribution in [2.75, 3.05) is 6.54 Å². The summed E-state index contributed by atoms with van der Waals surface area (Å²) in [4.78, 5) is 21.3. The van der Waals surface area contributed by atoms with Crippen LogP contribution in [0.5, 0.6) is 0 Å². The highest BCUT2D eigenvalue weighted by Crippen LogP contribution is 2.07. The van der Waals surface area contributed by atoms with Crippen LogP contribution in [0.4, 0.5) is 5.69 Å². The first-order valence-corrected chi connectivity index (χ1v) is 5.93. The predicted molar refractivity (Wildman–Crippen MR) is 71.1 cm³/mol. The molecular formula is C9H14N6O3S. The van der Waals surface area contributed by atoms with Gasteiger partial charge in [0.25, 0.3) is 0 Å². The van der Waals surface area contributed by atoms with Crippen LogP contribution in [0.2, 0.25) is 0 Å². The third-order valence-electron chi connectivity index (χ3n) is 2.05. The van der Waals surface area contributed by atoms with E-state index in [4.69, 9.17) is 12.2 Å². The largest absolute Gasteiger partial charge is 0.362 e. The van der Waals surface area contributed by atoms with Crippen molar-refractivity contribution in [3.05, 3.63) is 22.5 Å². The van der Waals surface area contributed by atoms with Crippen LogP contribution >= 0.6 is 12.2 Å². The fraction of sp³-hybridized carbons (Fsp3) is 0.444. The van der Waals surface area contributed by atoms with Crippen molar-refractivity contribution in [3.63, 3.8) is 0 Å². The number of aryl methyl sites for hydroxylation is 1. The fourth-order valence-electron chi connectivity index (χ4n) is 1.18. The quantitative estimate of drug-likeness (QED) is 0.386. The second-order valence-corrected chi connectivity index (χ2v) is 3.91. The molecule has 9 nitrogen and oxygen atoms in total. The summed E-state index contributed by atoms with van der Waals surface area (Å²) in [5, 5.41) is 17.3. The van der Waals surface area contributed by atoms with Gasteiger partial charge in [-0.1, -0.05) is 0 Å². The summed E-state index contributed by atoms with van der Waals surface area (Å²) in [5.41, 5.74) is 4.82. The average molecular weight is 286 g/mol. The van der Waals surface area contributed by atoms with E-state index < -0.39 is 4.92 Å². The minimum Gasteiger partial charge on any atom is -0.362 e. The molecule has 0 radical (unpaired) electrons. The van der Waals surface area contributed by atoms with E-state index in [-0.39, 0.29) is 24.6 Å². The molecule has 1 aromatic heterocycles. The molecule has 0 aliphatic carbocycles. The molecule has 3 N–H and O–H groups in total. The van der Waals surface area contributed by atoms with E-state index in [1.165, 1.54) is 10.9 Å². The Balaban J connectivity index is 2.29. The number of nitrogens with zero attached hydrogens (tertiary/aromatic N) is 3. The van der Waals surface area contributed by atoms with Gasteiger partial charge in [0.2, 0.25) is 5.91 Å². The minimum atomic E-state index is -0.542. The van der Waals surface area contributed by atoms with Gasteiger partial charge in [0.15, 0.2) is 5.11 Å². The van der Waals surface area contributed by atoms with Crippen molar-refractivity contribution < 1.29 is 9.72 Å². The van der Waals surface area contributed by atoms with E-state index in [0.29, 0.717) is 11.7 Å². The highest BCUT2D eigenvalue weighted by atomic mass is 32.1. The van der Waals surface area contributed by atoms with Gasteiger partial charge in [-0.05, 0) is 19.1 Å². The number of hydrogen-bond acceptors (Lipinski definition) is 5. The second kappa shape index (κ2) is 7.26. The molecule has 104 valence electrons. The van der Waals surface area contributed by atoms with Crippen molar-refractivity contribution in [2.45, 2.75) is 19.9 Å². The molecule has 1 aromatic rings. The second-order valence-electron chi connectivity index (χ2n) is 3.50. The number of aromatic nitrogens is 2. The molecule has 10 heteroatoms. The first-order chi connectivity index (χ1) is 9.02. The molecule has 0 aliphatic heterocycles. The van der Waals surface area contributed by atoms with Crippen LogP contribution < -0.4 is 16.2 Å². The van der Waals surface area contributed by atoms with E-state index in [9.17, 15) is 14.9 Å². The Kier molecular flexibility index (Phi) is 5.67. The minimum absolute atomic E-state index is 0.105. The molecule has 0 aromatic carbocycles. The van der Waals surface area contributed by atoms with Crippen molar-refractivity contribution in [2.24, 2.45) is 0 Å². The molecule has 0 saturated heterocycles. The molecule has 19 heavy (non-hydrogen) atoms. The summed E-state index contributed by atoms with van der Waals surface area (Å²) < 4.78 is 1.33. The van der Waals surface area contributed by atoms with Crippen LogP contribution in [-0.2, 0) is 11.3 Å². The van der Waals surface area contributed by atoms with Crippen LogP contribution in [0.15, 0.2) is 12.4 Å². The number of carbonyl (C=O) groups excluding carboxylic acids is 1. The third-order valence-corrected chi connectivity index (χ3v) is 2.30. The Morgan fingerprint density at radius 1 is 1.58 bits per heavy atom. The fourth-order valence-corrected chi connectivity index (χ4v) is 1.37. The van der Waals surface area contributed by atoms with Crippen LogP contribution in [0.3, 0.4) is 0 Å². The van der Waals surface area contributed by atoms with Crippen molar-refractivity contribution >= 4 is 28.9 Å². The summed E-state index contributed by atoms with van der Waals surface area (Å²) in [7, 11) is 0. The number of nitrogens with one attached hydrogen (secondary N) is 3.